The number of benzene rings is 3. The molecule has 0 saturated heterocycles. The lowest BCUT2D eigenvalue weighted by molar-refractivity contribution is 0.0998. The van der Waals surface area contributed by atoms with Gasteiger partial charge in [0.2, 0.25) is 0 Å². The number of thiazole rings is 1. The maximum absolute atomic E-state index is 12.9. The summed E-state index contributed by atoms with van der Waals surface area (Å²) in [5.74, 6) is -0.448. The third-order valence-corrected chi connectivity index (χ3v) is 8.23. The summed E-state index contributed by atoms with van der Waals surface area (Å²) >= 11 is 7.52. The summed E-state index contributed by atoms with van der Waals surface area (Å²) in [6.45, 7) is 1.96. The number of aromatic nitrogens is 1. The van der Waals surface area contributed by atoms with Gasteiger partial charge in [0.25, 0.3) is 15.9 Å². The number of aryl methyl sites for hydroxylation is 2. The van der Waals surface area contributed by atoms with E-state index in [4.69, 9.17) is 11.6 Å². The normalized spacial score (nSPS) is 12.3. The SMILES string of the molecule is Cc1cc(Cl)cc2sc(=NC(=O)c3ccc(S(=O)(=O)N(C)c4ccccc4)cc3)n(C)c12. The zero-order valence-electron chi connectivity index (χ0n) is 17.6. The van der Waals surface area contributed by atoms with E-state index in [9.17, 15) is 13.2 Å². The Labute approximate surface area is 195 Å². The van der Waals surface area contributed by atoms with Gasteiger partial charge in [-0.25, -0.2) is 8.42 Å². The number of carbonyl (C=O) groups is 1. The van der Waals surface area contributed by atoms with Crippen molar-refractivity contribution in [3.05, 3.63) is 87.7 Å². The Morgan fingerprint density at radius 2 is 1.72 bits per heavy atom. The number of amides is 1. The first kappa shape index (κ1) is 22.3. The second-order valence-corrected chi connectivity index (χ2v) is 10.7. The Morgan fingerprint density at radius 3 is 2.38 bits per heavy atom. The van der Waals surface area contributed by atoms with Crippen molar-refractivity contribution in [3.8, 4) is 0 Å². The molecule has 0 radical (unpaired) electrons. The Morgan fingerprint density at radius 1 is 1.06 bits per heavy atom. The molecule has 3 aromatic carbocycles. The van der Waals surface area contributed by atoms with Crippen molar-refractivity contribution in [2.24, 2.45) is 12.0 Å². The fraction of sp³-hybridized carbons (Fsp3) is 0.130. The highest BCUT2D eigenvalue weighted by Crippen LogP contribution is 2.25. The van der Waals surface area contributed by atoms with E-state index >= 15 is 0 Å². The van der Waals surface area contributed by atoms with Crippen LogP contribution >= 0.6 is 22.9 Å². The molecule has 4 rings (SSSR count). The zero-order valence-corrected chi connectivity index (χ0v) is 20.0. The molecular formula is C23H20ClN3O3S2. The number of rotatable bonds is 4. The standard InChI is InChI=1S/C23H20ClN3O3S2/c1-15-13-17(24)14-20-21(15)26(2)23(31-20)25-22(28)16-9-11-19(12-10-16)32(29,30)27(3)18-7-5-4-6-8-18/h4-14H,1-3H3. The second-order valence-electron chi connectivity index (χ2n) is 7.26. The van der Waals surface area contributed by atoms with E-state index in [1.807, 2.05) is 36.7 Å². The first-order chi connectivity index (χ1) is 15.2. The minimum absolute atomic E-state index is 0.0955. The van der Waals surface area contributed by atoms with Gasteiger partial charge in [0.1, 0.15) is 0 Å². The summed E-state index contributed by atoms with van der Waals surface area (Å²) in [6, 6.07) is 18.3. The van der Waals surface area contributed by atoms with Gasteiger partial charge in [-0.2, -0.15) is 4.99 Å². The van der Waals surface area contributed by atoms with Crippen molar-refractivity contribution in [1.82, 2.24) is 4.57 Å². The quantitative estimate of drug-likeness (QED) is 0.418. The second kappa shape index (κ2) is 8.54. The van der Waals surface area contributed by atoms with Crippen LogP contribution in [0.3, 0.4) is 0 Å². The first-order valence-corrected chi connectivity index (χ1v) is 12.3. The van der Waals surface area contributed by atoms with E-state index in [0.29, 0.717) is 21.1 Å². The molecule has 0 spiro atoms. The topological polar surface area (TPSA) is 71.7 Å². The summed E-state index contributed by atoms with van der Waals surface area (Å²) in [4.78, 5) is 17.6. The van der Waals surface area contributed by atoms with Gasteiger partial charge in [0.05, 0.1) is 20.8 Å². The van der Waals surface area contributed by atoms with E-state index in [2.05, 4.69) is 4.99 Å². The Hall–Kier alpha value is -2.94. The van der Waals surface area contributed by atoms with Crippen LogP contribution in [0.4, 0.5) is 5.69 Å². The van der Waals surface area contributed by atoms with Crippen LogP contribution in [0, 0.1) is 6.92 Å². The van der Waals surface area contributed by atoms with Crippen LogP contribution in [-0.2, 0) is 17.1 Å². The number of hydrogen-bond acceptors (Lipinski definition) is 4. The lowest BCUT2D eigenvalue weighted by Crippen LogP contribution is -2.26. The van der Waals surface area contributed by atoms with Crippen LogP contribution in [0.1, 0.15) is 15.9 Å². The lowest BCUT2D eigenvalue weighted by atomic mass is 10.2. The van der Waals surface area contributed by atoms with Crippen LogP contribution in [0.25, 0.3) is 10.2 Å². The Balaban J connectivity index is 1.65. The number of hydrogen-bond donors (Lipinski definition) is 0. The van der Waals surface area contributed by atoms with Gasteiger partial charge in [-0.15, -0.1) is 0 Å². The highest BCUT2D eigenvalue weighted by molar-refractivity contribution is 7.92. The highest BCUT2D eigenvalue weighted by Gasteiger charge is 2.21. The van der Waals surface area contributed by atoms with Crippen LogP contribution < -0.4 is 9.11 Å². The van der Waals surface area contributed by atoms with Crippen molar-refractivity contribution < 1.29 is 13.2 Å². The maximum atomic E-state index is 12.9. The van der Waals surface area contributed by atoms with E-state index in [1.165, 1.54) is 47.0 Å². The molecular weight excluding hydrogens is 466 g/mol. The predicted octanol–water partition coefficient (Wildman–Crippen LogP) is 4.77. The largest absolute Gasteiger partial charge is 0.319 e. The zero-order chi connectivity index (χ0) is 23.0. The van der Waals surface area contributed by atoms with Crippen molar-refractivity contribution in [1.29, 1.82) is 0 Å². The van der Waals surface area contributed by atoms with E-state index in [0.717, 1.165) is 15.8 Å². The molecule has 32 heavy (non-hydrogen) atoms. The molecule has 0 bridgehead atoms. The van der Waals surface area contributed by atoms with Crippen molar-refractivity contribution in [2.75, 3.05) is 11.4 Å². The molecule has 1 aromatic heterocycles. The number of carbonyl (C=O) groups excluding carboxylic acids is 1. The van der Waals surface area contributed by atoms with Gasteiger partial charge >= 0.3 is 0 Å². The summed E-state index contributed by atoms with van der Waals surface area (Å²) in [7, 11) is -0.406. The van der Waals surface area contributed by atoms with Crippen molar-refractivity contribution >= 4 is 54.8 Å². The minimum atomic E-state index is -3.75. The molecule has 0 saturated carbocycles. The van der Waals surface area contributed by atoms with Crippen LogP contribution in [0.5, 0.6) is 0 Å². The highest BCUT2D eigenvalue weighted by atomic mass is 35.5. The molecule has 0 N–H and O–H groups in total. The van der Waals surface area contributed by atoms with Crippen molar-refractivity contribution in [3.63, 3.8) is 0 Å². The molecule has 4 aromatic rings. The molecule has 0 fully saturated rings. The van der Waals surface area contributed by atoms with Crippen LogP contribution in [-0.4, -0.2) is 25.9 Å². The molecule has 1 amide bonds. The van der Waals surface area contributed by atoms with E-state index < -0.39 is 15.9 Å². The first-order valence-electron chi connectivity index (χ1n) is 9.67. The van der Waals surface area contributed by atoms with E-state index in [1.54, 1.807) is 24.3 Å². The van der Waals surface area contributed by atoms with Gasteiger partial charge < -0.3 is 4.57 Å². The average molecular weight is 486 g/mol. The number of sulfonamides is 1. The Bertz CT molecular complexity index is 1490. The summed E-state index contributed by atoms with van der Waals surface area (Å²) < 4.78 is 29.8. The molecule has 164 valence electrons. The molecule has 1 heterocycles. The van der Waals surface area contributed by atoms with Gasteiger partial charge in [-0.1, -0.05) is 41.1 Å². The van der Waals surface area contributed by atoms with Gasteiger partial charge in [-0.05, 0) is 61.0 Å². The van der Waals surface area contributed by atoms with Crippen LogP contribution in [0.2, 0.25) is 5.02 Å². The number of fused-ring (bicyclic) bond motifs is 1. The number of nitrogens with zero attached hydrogens (tertiary/aromatic N) is 3. The lowest BCUT2D eigenvalue weighted by Gasteiger charge is -2.19. The molecule has 0 aliphatic rings. The van der Waals surface area contributed by atoms with Crippen LogP contribution in [0.15, 0.2) is 76.6 Å². The number of anilines is 1. The van der Waals surface area contributed by atoms with Gasteiger partial charge in [0, 0.05) is 24.7 Å². The average Bonchev–Trinajstić information content (AvgIpc) is 3.08. The third kappa shape index (κ3) is 4.09. The van der Waals surface area contributed by atoms with Gasteiger partial charge in [-0.3, -0.25) is 9.10 Å². The third-order valence-electron chi connectivity index (χ3n) is 5.13. The molecule has 0 atom stereocenters. The Kier molecular flexibility index (Phi) is 5.94. The monoisotopic (exact) mass is 485 g/mol. The number of para-hydroxylation sites is 1. The fourth-order valence-corrected chi connectivity index (χ4v) is 6.10. The number of halogens is 1. The molecule has 0 aliphatic heterocycles. The molecule has 0 aliphatic carbocycles. The fourth-order valence-electron chi connectivity index (χ4n) is 3.43. The summed E-state index contributed by atoms with van der Waals surface area (Å²) in [5, 5.41) is 0.631. The maximum Gasteiger partial charge on any atom is 0.279 e. The smallest absolute Gasteiger partial charge is 0.279 e. The molecule has 6 nitrogen and oxygen atoms in total. The van der Waals surface area contributed by atoms with E-state index in [-0.39, 0.29) is 4.90 Å². The predicted molar refractivity (Wildman–Crippen MR) is 129 cm³/mol. The summed E-state index contributed by atoms with van der Waals surface area (Å²) in [5.41, 5.74) is 2.82. The van der Waals surface area contributed by atoms with Gasteiger partial charge in [0.15, 0.2) is 4.80 Å². The molecule has 0 unspecified atom stereocenters. The summed E-state index contributed by atoms with van der Waals surface area (Å²) in [6.07, 6.45) is 0. The molecule has 9 heteroatoms. The minimum Gasteiger partial charge on any atom is -0.319 e. The van der Waals surface area contributed by atoms with Crippen molar-refractivity contribution in [2.45, 2.75) is 11.8 Å².